The van der Waals surface area contributed by atoms with E-state index in [0.717, 1.165) is 26.1 Å². The van der Waals surface area contributed by atoms with Crippen molar-refractivity contribution in [3.8, 4) is 0 Å². The summed E-state index contributed by atoms with van der Waals surface area (Å²) >= 11 is 0. The Kier molecular flexibility index (Phi) is 26.2. The monoisotopic (exact) mass is 299 g/mol. The molecule has 1 N–H and O–H groups in total. The minimum atomic E-state index is 0.788. The van der Waals surface area contributed by atoms with Crippen LogP contribution >= 0.6 is 0 Å². The lowest BCUT2D eigenvalue weighted by atomic mass is 9.89. The average molecular weight is 300 g/mol. The van der Waals surface area contributed by atoms with Gasteiger partial charge in [-0.15, -0.1) is 0 Å². The van der Waals surface area contributed by atoms with Crippen LogP contribution < -0.4 is 0 Å². The predicted octanol–water partition coefficient (Wildman–Crippen LogP) is 5.29. The van der Waals surface area contributed by atoms with Gasteiger partial charge in [-0.25, -0.2) is 0 Å². The Morgan fingerprint density at radius 3 is 1.57 bits per heavy atom. The number of hydrogen-bond acceptors (Lipinski definition) is 2. The standard InChI is InChI=1S/C13H24.C5H13N.CH4O/c1-5-9-12(8-4)13(10-6-2)11-7-3;1-4-6(3)5-2;1-2/h5,8-9,13H,6-7,10-11H2,1-4H3;4-5H2,1-3H3;2H,1H3/b9-5-,12-8+;;. The van der Waals surface area contributed by atoms with Crippen LogP contribution in [0.3, 0.4) is 0 Å². The van der Waals surface area contributed by atoms with Gasteiger partial charge in [0.05, 0.1) is 0 Å². The second-order valence-electron chi connectivity index (χ2n) is 5.05. The van der Waals surface area contributed by atoms with Gasteiger partial charge in [0.15, 0.2) is 0 Å². The van der Waals surface area contributed by atoms with Crippen LogP contribution in [0.4, 0.5) is 0 Å². The van der Waals surface area contributed by atoms with Crippen molar-refractivity contribution in [2.24, 2.45) is 5.92 Å². The van der Waals surface area contributed by atoms with Gasteiger partial charge in [0.25, 0.3) is 0 Å². The fraction of sp³-hybridized carbons (Fsp3) is 0.789. The summed E-state index contributed by atoms with van der Waals surface area (Å²) in [6.45, 7) is 15.4. The molecule has 2 heteroatoms. The number of hydrogen-bond donors (Lipinski definition) is 1. The van der Waals surface area contributed by atoms with Gasteiger partial charge in [-0.1, -0.05) is 58.8 Å². The molecule has 0 aromatic carbocycles. The number of aliphatic hydroxyl groups is 1. The summed E-state index contributed by atoms with van der Waals surface area (Å²) in [6, 6.07) is 0. The Morgan fingerprint density at radius 1 is 0.952 bits per heavy atom. The largest absolute Gasteiger partial charge is 0.400 e. The van der Waals surface area contributed by atoms with Gasteiger partial charge in [-0.05, 0) is 58.3 Å². The van der Waals surface area contributed by atoms with Crippen LogP contribution in [-0.2, 0) is 0 Å². The number of nitrogens with zero attached hydrogens (tertiary/aromatic N) is 1. The van der Waals surface area contributed by atoms with E-state index in [2.05, 4.69) is 71.7 Å². The summed E-state index contributed by atoms with van der Waals surface area (Å²) in [4.78, 5) is 2.25. The zero-order chi connectivity index (χ0) is 17.1. The topological polar surface area (TPSA) is 23.5 Å². The van der Waals surface area contributed by atoms with Gasteiger partial charge in [0.2, 0.25) is 0 Å². The van der Waals surface area contributed by atoms with Crippen LogP contribution in [-0.4, -0.2) is 37.3 Å². The average Bonchev–Trinajstić information content (AvgIpc) is 2.54. The van der Waals surface area contributed by atoms with E-state index in [4.69, 9.17) is 5.11 Å². The summed E-state index contributed by atoms with van der Waals surface area (Å²) in [6.07, 6.45) is 11.9. The minimum Gasteiger partial charge on any atom is -0.400 e. The van der Waals surface area contributed by atoms with Crippen molar-refractivity contribution in [3.05, 3.63) is 23.8 Å². The Morgan fingerprint density at radius 2 is 1.38 bits per heavy atom. The molecule has 0 fully saturated rings. The minimum absolute atomic E-state index is 0.788. The highest BCUT2D eigenvalue weighted by atomic mass is 16.2. The second-order valence-corrected chi connectivity index (χ2v) is 5.05. The van der Waals surface area contributed by atoms with Crippen LogP contribution in [0.1, 0.15) is 67.2 Å². The normalized spacial score (nSPS) is 11.3. The molecule has 0 saturated carbocycles. The quantitative estimate of drug-likeness (QED) is 0.615. The van der Waals surface area contributed by atoms with Crippen molar-refractivity contribution in [3.63, 3.8) is 0 Å². The van der Waals surface area contributed by atoms with Crippen molar-refractivity contribution in [1.82, 2.24) is 4.90 Å². The summed E-state index contributed by atoms with van der Waals surface area (Å²) in [5, 5.41) is 7.00. The zero-order valence-electron chi connectivity index (χ0n) is 15.9. The van der Waals surface area contributed by atoms with Crippen molar-refractivity contribution in [2.75, 3.05) is 27.2 Å². The van der Waals surface area contributed by atoms with Gasteiger partial charge >= 0.3 is 0 Å². The Bertz CT molecular complexity index is 224. The first-order valence-electron chi connectivity index (χ1n) is 8.53. The van der Waals surface area contributed by atoms with E-state index in [-0.39, 0.29) is 0 Å². The van der Waals surface area contributed by atoms with E-state index in [1.807, 2.05) is 0 Å². The molecule has 0 amide bonds. The Labute approximate surface area is 134 Å². The van der Waals surface area contributed by atoms with Gasteiger partial charge in [-0.2, -0.15) is 0 Å². The number of aliphatic hydroxyl groups excluding tert-OH is 1. The lowest BCUT2D eigenvalue weighted by Crippen LogP contribution is -2.15. The molecule has 2 nitrogen and oxygen atoms in total. The molecule has 0 aromatic heterocycles. The maximum absolute atomic E-state index is 7.00. The second kappa shape index (κ2) is 21.7. The maximum atomic E-state index is 7.00. The van der Waals surface area contributed by atoms with E-state index in [0.29, 0.717) is 0 Å². The van der Waals surface area contributed by atoms with Crippen LogP contribution in [0.2, 0.25) is 0 Å². The molecule has 0 saturated heterocycles. The van der Waals surface area contributed by atoms with Gasteiger partial charge in [0, 0.05) is 7.11 Å². The third kappa shape index (κ3) is 17.3. The van der Waals surface area contributed by atoms with Crippen molar-refractivity contribution in [2.45, 2.75) is 67.2 Å². The van der Waals surface area contributed by atoms with Crippen LogP contribution in [0.15, 0.2) is 23.8 Å². The van der Waals surface area contributed by atoms with Crippen LogP contribution in [0.25, 0.3) is 0 Å². The molecule has 0 aliphatic carbocycles. The molecule has 0 unspecified atom stereocenters. The summed E-state index contributed by atoms with van der Waals surface area (Å²) in [5.74, 6) is 0.788. The third-order valence-corrected chi connectivity index (χ3v) is 3.52. The lowest BCUT2D eigenvalue weighted by molar-refractivity contribution is 0.373. The molecule has 21 heavy (non-hydrogen) atoms. The highest BCUT2D eigenvalue weighted by Gasteiger charge is 2.08. The van der Waals surface area contributed by atoms with Crippen molar-refractivity contribution < 1.29 is 5.11 Å². The third-order valence-electron chi connectivity index (χ3n) is 3.52. The molecule has 0 aromatic rings. The highest BCUT2D eigenvalue weighted by Crippen LogP contribution is 2.23. The van der Waals surface area contributed by atoms with Gasteiger partial charge in [-0.3, -0.25) is 0 Å². The molecule has 0 aliphatic rings. The van der Waals surface area contributed by atoms with E-state index in [1.54, 1.807) is 0 Å². The molecular formula is C19H41NO. The molecule has 0 spiro atoms. The van der Waals surface area contributed by atoms with E-state index in [1.165, 1.54) is 31.3 Å². The summed E-state index contributed by atoms with van der Waals surface area (Å²) in [5.41, 5.74) is 1.52. The smallest absolute Gasteiger partial charge is 0.0319 e. The number of rotatable bonds is 8. The lowest BCUT2D eigenvalue weighted by Gasteiger charge is -2.16. The van der Waals surface area contributed by atoms with Crippen LogP contribution in [0, 0.1) is 5.92 Å². The molecule has 0 aliphatic heterocycles. The first kappa shape index (κ1) is 25.4. The van der Waals surface area contributed by atoms with Crippen molar-refractivity contribution in [1.29, 1.82) is 0 Å². The van der Waals surface area contributed by atoms with Gasteiger partial charge < -0.3 is 10.0 Å². The first-order valence-corrected chi connectivity index (χ1v) is 8.53. The van der Waals surface area contributed by atoms with Crippen molar-refractivity contribution >= 4 is 0 Å². The van der Waals surface area contributed by atoms with Crippen LogP contribution in [0.5, 0.6) is 0 Å². The fourth-order valence-corrected chi connectivity index (χ4v) is 2.06. The molecular weight excluding hydrogens is 258 g/mol. The van der Waals surface area contributed by atoms with E-state index < -0.39 is 0 Å². The van der Waals surface area contributed by atoms with E-state index in [9.17, 15) is 0 Å². The first-order chi connectivity index (χ1) is 10.1. The highest BCUT2D eigenvalue weighted by molar-refractivity contribution is 5.20. The molecule has 0 atom stereocenters. The Hall–Kier alpha value is -0.600. The number of allylic oxidation sites excluding steroid dienone is 4. The molecule has 0 radical (unpaired) electrons. The summed E-state index contributed by atoms with van der Waals surface area (Å²) < 4.78 is 0. The molecule has 0 heterocycles. The Balaban J connectivity index is -0.000000339. The van der Waals surface area contributed by atoms with Gasteiger partial charge in [0.1, 0.15) is 0 Å². The van der Waals surface area contributed by atoms with E-state index >= 15 is 0 Å². The fourth-order valence-electron chi connectivity index (χ4n) is 2.06. The maximum Gasteiger partial charge on any atom is 0.0319 e. The molecule has 0 bridgehead atoms. The zero-order valence-corrected chi connectivity index (χ0v) is 15.9. The summed E-state index contributed by atoms with van der Waals surface area (Å²) in [7, 11) is 3.11. The SMILES string of the molecule is C/C=C\C(=C/C)C(CCC)CCC.CCN(C)CC.CO. The molecule has 0 rings (SSSR count). The predicted molar refractivity (Wildman–Crippen MR) is 98.9 cm³/mol. The molecule has 128 valence electrons.